The van der Waals surface area contributed by atoms with Crippen LogP contribution < -0.4 is 5.63 Å². The third-order valence-electron chi connectivity index (χ3n) is 2.35. The molecule has 0 aliphatic heterocycles. The van der Waals surface area contributed by atoms with Crippen LogP contribution >= 0.6 is 15.9 Å². The van der Waals surface area contributed by atoms with Crippen molar-refractivity contribution in [2.45, 2.75) is 0 Å². The maximum atomic E-state index is 11.6. The van der Waals surface area contributed by atoms with E-state index in [1.807, 2.05) is 28.8 Å². The molecule has 0 saturated heterocycles. The lowest BCUT2D eigenvalue weighted by Crippen LogP contribution is -2.02. The van der Waals surface area contributed by atoms with Crippen molar-refractivity contribution in [3.05, 3.63) is 51.4 Å². The first-order chi connectivity index (χ1) is 7.25. The quantitative estimate of drug-likeness (QED) is 0.625. The number of fused-ring (bicyclic) bond motifs is 3. The number of rotatable bonds is 0. The van der Waals surface area contributed by atoms with Gasteiger partial charge < -0.3 is 4.42 Å². The third-order valence-corrected chi connectivity index (χ3v) is 2.84. The molecule has 0 spiro atoms. The fourth-order valence-electron chi connectivity index (χ4n) is 1.68. The predicted octanol–water partition coefficient (Wildman–Crippen LogP) is 2.81. The molecule has 0 saturated carbocycles. The van der Waals surface area contributed by atoms with Crippen molar-refractivity contribution in [2.24, 2.45) is 0 Å². The van der Waals surface area contributed by atoms with Crippen LogP contribution in [0.25, 0.3) is 16.6 Å². The summed E-state index contributed by atoms with van der Waals surface area (Å²) in [6.45, 7) is 0. The fraction of sp³-hybridized carbons (Fsp3) is 0. The average Bonchev–Trinajstić information content (AvgIpc) is 2.66. The van der Waals surface area contributed by atoms with Gasteiger partial charge in [0.2, 0.25) is 5.71 Å². The first-order valence-corrected chi connectivity index (χ1v) is 5.24. The van der Waals surface area contributed by atoms with Gasteiger partial charge in [-0.2, -0.15) is 0 Å². The van der Waals surface area contributed by atoms with E-state index in [0.29, 0.717) is 11.1 Å². The van der Waals surface area contributed by atoms with Crippen molar-refractivity contribution in [1.82, 2.24) is 4.40 Å². The monoisotopic (exact) mass is 263 g/mol. The van der Waals surface area contributed by atoms with E-state index >= 15 is 0 Å². The van der Waals surface area contributed by atoms with Crippen molar-refractivity contribution in [3.8, 4) is 0 Å². The van der Waals surface area contributed by atoms with Gasteiger partial charge in [0.1, 0.15) is 0 Å². The van der Waals surface area contributed by atoms with Gasteiger partial charge in [-0.25, -0.2) is 4.79 Å². The first-order valence-electron chi connectivity index (χ1n) is 4.45. The molecule has 15 heavy (non-hydrogen) atoms. The van der Waals surface area contributed by atoms with Crippen molar-refractivity contribution < 1.29 is 4.42 Å². The van der Waals surface area contributed by atoms with Crippen LogP contribution in [0.2, 0.25) is 0 Å². The summed E-state index contributed by atoms with van der Waals surface area (Å²) in [4.78, 5) is 11.6. The van der Waals surface area contributed by atoms with Crippen LogP contribution in [0.3, 0.4) is 0 Å². The molecule has 0 radical (unpaired) electrons. The molecule has 2 heterocycles. The Morgan fingerprint density at radius 2 is 2.13 bits per heavy atom. The molecule has 4 heteroatoms. The average molecular weight is 264 g/mol. The predicted molar refractivity (Wildman–Crippen MR) is 61.1 cm³/mol. The number of nitrogens with zero attached hydrogens (tertiary/aromatic N) is 1. The molecule has 0 aliphatic rings. The van der Waals surface area contributed by atoms with Gasteiger partial charge in [-0.1, -0.05) is 15.9 Å². The van der Waals surface area contributed by atoms with Gasteiger partial charge in [0.15, 0.2) is 0 Å². The van der Waals surface area contributed by atoms with Gasteiger partial charge in [-0.3, -0.25) is 4.40 Å². The highest BCUT2D eigenvalue weighted by Gasteiger charge is 2.06. The highest BCUT2D eigenvalue weighted by Crippen LogP contribution is 2.18. The summed E-state index contributed by atoms with van der Waals surface area (Å²) in [5.74, 6) is 0. The Morgan fingerprint density at radius 3 is 3.00 bits per heavy atom. The molecule has 1 aromatic carbocycles. The summed E-state index contributed by atoms with van der Waals surface area (Å²) in [7, 11) is 0. The second-order valence-electron chi connectivity index (χ2n) is 3.27. The summed E-state index contributed by atoms with van der Waals surface area (Å²) in [5, 5.41) is 0.577. The Labute approximate surface area is 93.1 Å². The molecular formula is C11H6BrNO2. The molecule has 0 amide bonds. The summed E-state index contributed by atoms with van der Waals surface area (Å²) >= 11 is 3.33. The number of hydrogen-bond acceptors (Lipinski definition) is 2. The zero-order chi connectivity index (χ0) is 10.4. The lowest BCUT2D eigenvalue weighted by Gasteiger charge is -2.00. The number of halogens is 1. The van der Waals surface area contributed by atoms with Crippen LogP contribution in [0, 0.1) is 0 Å². The lowest BCUT2D eigenvalue weighted by atomic mass is 10.2. The van der Waals surface area contributed by atoms with Crippen molar-refractivity contribution >= 4 is 32.5 Å². The standard InChI is InChI=1S/C11H6BrNO2/c12-7-3-4-9-8(6-7)11(14)15-10-2-1-5-13(9)10/h1-6H. The van der Waals surface area contributed by atoms with Crippen LogP contribution in [0.5, 0.6) is 0 Å². The maximum absolute atomic E-state index is 11.6. The minimum Gasteiger partial charge on any atom is -0.405 e. The van der Waals surface area contributed by atoms with Crippen LogP contribution in [-0.4, -0.2) is 4.40 Å². The molecule has 0 unspecified atom stereocenters. The Kier molecular flexibility index (Phi) is 1.73. The number of benzene rings is 1. The smallest absolute Gasteiger partial charge is 0.346 e. The molecule has 3 nitrogen and oxygen atoms in total. The maximum Gasteiger partial charge on any atom is 0.346 e. The first kappa shape index (κ1) is 8.73. The van der Waals surface area contributed by atoms with E-state index in [9.17, 15) is 4.79 Å². The van der Waals surface area contributed by atoms with Crippen molar-refractivity contribution in [3.63, 3.8) is 0 Å². The van der Waals surface area contributed by atoms with Gasteiger partial charge in [-0.15, -0.1) is 0 Å². The Hall–Kier alpha value is -1.55. The highest BCUT2D eigenvalue weighted by atomic mass is 79.9. The lowest BCUT2D eigenvalue weighted by molar-refractivity contribution is 0.549. The topological polar surface area (TPSA) is 34.6 Å². The number of aromatic nitrogens is 1. The molecular weight excluding hydrogens is 258 g/mol. The minimum absolute atomic E-state index is 0.308. The minimum atomic E-state index is -0.308. The summed E-state index contributed by atoms with van der Waals surface area (Å²) in [5.41, 5.74) is 1.11. The van der Waals surface area contributed by atoms with E-state index in [-0.39, 0.29) is 5.63 Å². The Morgan fingerprint density at radius 1 is 1.27 bits per heavy atom. The zero-order valence-corrected chi connectivity index (χ0v) is 9.19. The van der Waals surface area contributed by atoms with E-state index in [1.54, 1.807) is 12.1 Å². The van der Waals surface area contributed by atoms with Crippen LogP contribution in [-0.2, 0) is 0 Å². The van der Waals surface area contributed by atoms with Crippen LogP contribution in [0.1, 0.15) is 0 Å². The summed E-state index contributed by atoms with van der Waals surface area (Å²) in [6, 6.07) is 9.17. The molecule has 2 aromatic heterocycles. The van der Waals surface area contributed by atoms with Gasteiger partial charge in [0.25, 0.3) is 0 Å². The molecule has 74 valence electrons. The SMILES string of the molecule is O=c1oc2cccn2c2ccc(Br)cc12. The van der Waals surface area contributed by atoms with Gasteiger partial charge >= 0.3 is 5.63 Å². The van der Waals surface area contributed by atoms with Crippen LogP contribution in [0.4, 0.5) is 0 Å². The van der Waals surface area contributed by atoms with Crippen molar-refractivity contribution in [2.75, 3.05) is 0 Å². The van der Waals surface area contributed by atoms with Crippen LogP contribution in [0.15, 0.2) is 50.2 Å². The van der Waals surface area contributed by atoms with E-state index in [1.165, 1.54) is 0 Å². The highest BCUT2D eigenvalue weighted by molar-refractivity contribution is 9.10. The largest absolute Gasteiger partial charge is 0.405 e. The molecule has 0 atom stereocenters. The zero-order valence-electron chi connectivity index (χ0n) is 7.61. The summed E-state index contributed by atoms with van der Waals surface area (Å²) < 4.78 is 7.88. The van der Waals surface area contributed by atoms with Gasteiger partial charge in [0, 0.05) is 16.7 Å². The molecule has 0 N–H and O–H groups in total. The van der Waals surface area contributed by atoms with Gasteiger partial charge in [0.05, 0.1) is 10.9 Å². The molecule has 0 fully saturated rings. The molecule has 0 aliphatic carbocycles. The third kappa shape index (κ3) is 1.22. The van der Waals surface area contributed by atoms with E-state index in [2.05, 4.69) is 15.9 Å². The molecule has 3 rings (SSSR count). The fourth-order valence-corrected chi connectivity index (χ4v) is 2.04. The molecule has 3 aromatic rings. The van der Waals surface area contributed by atoms with E-state index in [0.717, 1.165) is 9.99 Å². The Bertz CT molecular complexity index is 711. The second-order valence-corrected chi connectivity index (χ2v) is 4.18. The van der Waals surface area contributed by atoms with Crippen molar-refractivity contribution in [1.29, 1.82) is 0 Å². The van der Waals surface area contributed by atoms with E-state index < -0.39 is 0 Å². The second kappa shape index (κ2) is 2.97. The summed E-state index contributed by atoms with van der Waals surface area (Å²) in [6.07, 6.45) is 1.87. The number of hydrogen-bond donors (Lipinski definition) is 0. The normalized spacial score (nSPS) is 11.3. The Balaban J connectivity index is 2.67. The van der Waals surface area contributed by atoms with Gasteiger partial charge in [-0.05, 0) is 24.3 Å². The molecule has 0 bridgehead atoms. The van der Waals surface area contributed by atoms with E-state index in [4.69, 9.17) is 4.42 Å².